The number of nitrogens with zero attached hydrogens (tertiary/aromatic N) is 2. The number of rotatable bonds is 2. The first-order valence-electron chi connectivity index (χ1n) is 6.42. The zero-order valence-corrected chi connectivity index (χ0v) is 11.7. The normalized spacial score (nSPS) is 25.9. The molecular weight excluding hydrogens is 234 g/mol. The maximum absolute atomic E-state index is 12.2. The maximum atomic E-state index is 12.2. The zero-order valence-electron chi connectivity index (χ0n) is 10.9. The Morgan fingerprint density at radius 3 is 2.65 bits per heavy atom. The van der Waals surface area contributed by atoms with Crippen LogP contribution >= 0.6 is 11.8 Å². The van der Waals surface area contributed by atoms with Crippen molar-refractivity contribution in [1.82, 2.24) is 15.1 Å². The Bertz CT molecular complexity index is 277. The SMILES string of the molecule is CC1(C)CN(C(=O)CN2CCNCC2)CCS1. The van der Waals surface area contributed by atoms with E-state index in [9.17, 15) is 4.79 Å². The Hall–Kier alpha value is -0.260. The lowest BCUT2D eigenvalue weighted by atomic mass is 10.2. The highest BCUT2D eigenvalue weighted by molar-refractivity contribution is 8.00. The Labute approximate surface area is 108 Å². The van der Waals surface area contributed by atoms with E-state index >= 15 is 0 Å². The molecule has 0 unspecified atom stereocenters. The molecule has 0 aromatic heterocycles. The third-order valence-electron chi connectivity index (χ3n) is 3.35. The van der Waals surface area contributed by atoms with Gasteiger partial charge in [-0.15, -0.1) is 0 Å². The highest BCUT2D eigenvalue weighted by atomic mass is 32.2. The van der Waals surface area contributed by atoms with Crippen molar-refractivity contribution in [3.8, 4) is 0 Å². The van der Waals surface area contributed by atoms with E-state index in [1.807, 2.05) is 16.7 Å². The van der Waals surface area contributed by atoms with E-state index in [2.05, 4.69) is 24.1 Å². The van der Waals surface area contributed by atoms with Crippen LogP contribution in [0.4, 0.5) is 0 Å². The predicted molar refractivity (Wildman–Crippen MR) is 72.4 cm³/mol. The summed E-state index contributed by atoms with van der Waals surface area (Å²) in [5, 5.41) is 3.31. The second-order valence-corrected chi connectivity index (χ2v) is 7.25. The lowest BCUT2D eigenvalue weighted by Crippen LogP contribution is -2.52. The van der Waals surface area contributed by atoms with Gasteiger partial charge in [-0.05, 0) is 13.8 Å². The standard InChI is InChI=1S/C12H23N3OS/c1-12(2)10-15(7-8-17-12)11(16)9-14-5-3-13-4-6-14/h13H,3-10H2,1-2H3. The number of hydrogen-bond donors (Lipinski definition) is 1. The molecule has 5 heteroatoms. The highest BCUT2D eigenvalue weighted by Crippen LogP contribution is 2.29. The van der Waals surface area contributed by atoms with Crippen LogP contribution in [0.25, 0.3) is 0 Å². The van der Waals surface area contributed by atoms with Crippen molar-refractivity contribution in [3.05, 3.63) is 0 Å². The summed E-state index contributed by atoms with van der Waals surface area (Å²) in [4.78, 5) is 16.5. The first-order valence-corrected chi connectivity index (χ1v) is 7.40. The van der Waals surface area contributed by atoms with Crippen LogP contribution in [0.3, 0.4) is 0 Å². The van der Waals surface area contributed by atoms with Gasteiger partial charge in [-0.2, -0.15) is 11.8 Å². The number of carbonyl (C=O) groups excluding carboxylic acids is 1. The minimum absolute atomic E-state index is 0.220. The van der Waals surface area contributed by atoms with Gasteiger partial charge in [0.15, 0.2) is 0 Å². The molecule has 4 nitrogen and oxygen atoms in total. The van der Waals surface area contributed by atoms with Crippen molar-refractivity contribution in [2.45, 2.75) is 18.6 Å². The van der Waals surface area contributed by atoms with Crippen LogP contribution in [0.5, 0.6) is 0 Å². The van der Waals surface area contributed by atoms with Crippen molar-refractivity contribution in [2.75, 3.05) is 51.6 Å². The maximum Gasteiger partial charge on any atom is 0.236 e. The van der Waals surface area contributed by atoms with Crippen LogP contribution in [0.1, 0.15) is 13.8 Å². The molecule has 2 aliphatic rings. The second-order valence-electron chi connectivity index (χ2n) is 5.45. The molecule has 2 fully saturated rings. The van der Waals surface area contributed by atoms with E-state index in [-0.39, 0.29) is 4.75 Å². The number of nitrogens with one attached hydrogen (secondary N) is 1. The summed E-state index contributed by atoms with van der Waals surface area (Å²) in [6.45, 7) is 10.9. The molecule has 0 spiro atoms. The van der Waals surface area contributed by atoms with E-state index in [1.165, 1.54) is 0 Å². The van der Waals surface area contributed by atoms with E-state index in [1.54, 1.807) is 0 Å². The summed E-state index contributed by atoms with van der Waals surface area (Å²) in [5.41, 5.74) is 0. The first kappa shape index (κ1) is 13.2. The van der Waals surface area contributed by atoms with Crippen LogP contribution in [0, 0.1) is 0 Å². The summed E-state index contributed by atoms with van der Waals surface area (Å²) < 4.78 is 0.220. The van der Waals surface area contributed by atoms with Crippen molar-refractivity contribution in [2.24, 2.45) is 0 Å². The lowest BCUT2D eigenvalue weighted by molar-refractivity contribution is -0.132. The minimum atomic E-state index is 0.220. The summed E-state index contributed by atoms with van der Waals surface area (Å²) in [6, 6.07) is 0. The topological polar surface area (TPSA) is 35.6 Å². The Morgan fingerprint density at radius 2 is 2.00 bits per heavy atom. The van der Waals surface area contributed by atoms with E-state index in [0.717, 1.165) is 45.0 Å². The fourth-order valence-electron chi connectivity index (χ4n) is 2.39. The van der Waals surface area contributed by atoms with Gasteiger partial charge < -0.3 is 10.2 Å². The quantitative estimate of drug-likeness (QED) is 0.769. The third kappa shape index (κ3) is 3.86. The Kier molecular flexibility index (Phi) is 4.33. The van der Waals surface area contributed by atoms with Crippen molar-refractivity contribution in [1.29, 1.82) is 0 Å². The average molecular weight is 257 g/mol. The molecule has 0 aliphatic carbocycles. The van der Waals surface area contributed by atoms with Crippen LogP contribution in [-0.2, 0) is 4.79 Å². The summed E-state index contributed by atoms with van der Waals surface area (Å²) in [6.07, 6.45) is 0. The number of hydrogen-bond acceptors (Lipinski definition) is 4. The van der Waals surface area contributed by atoms with Gasteiger partial charge in [0.1, 0.15) is 0 Å². The number of piperazine rings is 1. The molecule has 1 N–H and O–H groups in total. The average Bonchev–Trinajstić information content (AvgIpc) is 2.29. The monoisotopic (exact) mass is 257 g/mol. The number of carbonyl (C=O) groups is 1. The van der Waals surface area contributed by atoms with Crippen LogP contribution < -0.4 is 5.32 Å². The molecule has 2 rings (SSSR count). The molecule has 2 saturated heterocycles. The molecule has 2 heterocycles. The Morgan fingerprint density at radius 1 is 1.29 bits per heavy atom. The smallest absolute Gasteiger partial charge is 0.236 e. The molecule has 1 amide bonds. The fourth-order valence-corrected chi connectivity index (χ4v) is 3.50. The van der Waals surface area contributed by atoms with E-state index in [0.29, 0.717) is 12.5 Å². The Balaban J connectivity index is 1.82. The highest BCUT2D eigenvalue weighted by Gasteiger charge is 2.30. The van der Waals surface area contributed by atoms with Crippen molar-refractivity contribution in [3.63, 3.8) is 0 Å². The van der Waals surface area contributed by atoms with Gasteiger partial charge in [0.2, 0.25) is 5.91 Å². The predicted octanol–water partition coefficient (Wildman–Crippen LogP) is 0.246. The van der Waals surface area contributed by atoms with Crippen LogP contribution in [0.15, 0.2) is 0 Å². The molecule has 0 atom stereocenters. The van der Waals surface area contributed by atoms with Crippen LogP contribution in [0.2, 0.25) is 0 Å². The lowest BCUT2D eigenvalue weighted by Gasteiger charge is -2.38. The largest absolute Gasteiger partial charge is 0.339 e. The summed E-state index contributed by atoms with van der Waals surface area (Å²) in [5.74, 6) is 1.38. The van der Waals surface area contributed by atoms with Gasteiger partial charge in [-0.3, -0.25) is 9.69 Å². The summed E-state index contributed by atoms with van der Waals surface area (Å²) in [7, 11) is 0. The second kappa shape index (κ2) is 5.59. The minimum Gasteiger partial charge on any atom is -0.339 e. The van der Waals surface area contributed by atoms with Gasteiger partial charge in [0, 0.05) is 49.8 Å². The molecule has 0 aromatic rings. The molecule has 0 aromatic carbocycles. The molecule has 0 saturated carbocycles. The van der Waals surface area contributed by atoms with Gasteiger partial charge in [0.25, 0.3) is 0 Å². The summed E-state index contributed by atoms with van der Waals surface area (Å²) >= 11 is 1.97. The van der Waals surface area contributed by atoms with Gasteiger partial charge in [-0.25, -0.2) is 0 Å². The third-order valence-corrected chi connectivity index (χ3v) is 4.64. The molecule has 0 radical (unpaired) electrons. The fraction of sp³-hybridized carbons (Fsp3) is 0.917. The molecule has 98 valence electrons. The van der Waals surface area contributed by atoms with Crippen molar-refractivity contribution >= 4 is 17.7 Å². The van der Waals surface area contributed by atoms with Gasteiger partial charge in [0.05, 0.1) is 6.54 Å². The van der Waals surface area contributed by atoms with Crippen molar-refractivity contribution < 1.29 is 4.79 Å². The zero-order chi connectivity index (χ0) is 12.3. The first-order chi connectivity index (χ1) is 8.07. The van der Waals surface area contributed by atoms with E-state index < -0.39 is 0 Å². The number of thioether (sulfide) groups is 1. The van der Waals surface area contributed by atoms with E-state index in [4.69, 9.17) is 0 Å². The molecule has 2 aliphatic heterocycles. The van der Waals surface area contributed by atoms with Gasteiger partial charge >= 0.3 is 0 Å². The molecule has 0 bridgehead atoms. The van der Waals surface area contributed by atoms with Crippen LogP contribution in [-0.4, -0.2) is 72.0 Å². The van der Waals surface area contributed by atoms with Gasteiger partial charge in [-0.1, -0.05) is 0 Å². The molecule has 17 heavy (non-hydrogen) atoms. The molecular formula is C12H23N3OS. The number of amides is 1.